The highest BCUT2D eigenvalue weighted by molar-refractivity contribution is 5.48. The molecule has 21 heavy (non-hydrogen) atoms. The topological polar surface area (TPSA) is 50.7 Å². The van der Waals surface area contributed by atoms with Crippen LogP contribution in [0.5, 0.6) is 11.5 Å². The first-order chi connectivity index (χ1) is 10.2. The van der Waals surface area contributed by atoms with E-state index in [9.17, 15) is 9.50 Å². The summed E-state index contributed by atoms with van der Waals surface area (Å²) in [5.41, 5.74) is 1.54. The Morgan fingerprint density at radius 3 is 2.10 bits per heavy atom. The first-order valence-electron chi connectivity index (χ1n) is 6.52. The largest absolute Gasteiger partial charge is 0.497 e. The fourth-order valence-electron chi connectivity index (χ4n) is 2.01. The van der Waals surface area contributed by atoms with Crippen molar-refractivity contribution in [3.05, 3.63) is 53.8 Å². The Morgan fingerprint density at radius 1 is 1.05 bits per heavy atom. The average molecular weight is 291 g/mol. The number of ether oxygens (including phenoxy) is 2. The van der Waals surface area contributed by atoms with E-state index < -0.39 is 0 Å². The van der Waals surface area contributed by atoms with Gasteiger partial charge in [-0.05, 0) is 42.0 Å². The molecule has 0 spiro atoms. The molecular weight excluding hydrogens is 273 g/mol. The highest BCUT2D eigenvalue weighted by Crippen LogP contribution is 2.28. The smallest absolute Gasteiger partial charge is 0.123 e. The van der Waals surface area contributed by atoms with Crippen LogP contribution in [0.3, 0.4) is 0 Å². The van der Waals surface area contributed by atoms with Crippen LogP contribution in [0.25, 0.3) is 0 Å². The van der Waals surface area contributed by atoms with E-state index in [4.69, 9.17) is 9.47 Å². The van der Waals surface area contributed by atoms with E-state index in [0.29, 0.717) is 11.5 Å². The summed E-state index contributed by atoms with van der Waals surface area (Å²) >= 11 is 0. The van der Waals surface area contributed by atoms with Gasteiger partial charge in [0.2, 0.25) is 0 Å². The summed E-state index contributed by atoms with van der Waals surface area (Å²) in [7, 11) is 3.14. The summed E-state index contributed by atoms with van der Waals surface area (Å²) in [5.74, 6) is 0.983. The molecule has 0 amide bonds. The van der Waals surface area contributed by atoms with Crippen molar-refractivity contribution in [1.29, 1.82) is 0 Å². The molecule has 0 saturated heterocycles. The summed E-state index contributed by atoms with van der Waals surface area (Å²) < 4.78 is 23.4. The van der Waals surface area contributed by atoms with Crippen LogP contribution in [-0.2, 0) is 0 Å². The molecule has 0 radical (unpaired) electrons. The Balaban J connectivity index is 2.25. The Labute approximate surface area is 123 Å². The SMILES string of the molecule is COc1cc(OC)cc(C(CO)Nc2ccc(F)cc2)c1. The van der Waals surface area contributed by atoms with Crippen LogP contribution in [0.1, 0.15) is 11.6 Å². The maximum atomic E-state index is 12.9. The number of hydrogen-bond donors (Lipinski definition) is 2. The highest BCUT2D eigenvalue weighted by Gasteiger charge is 2.13. The third-order valence-corrected chi connectivity index (χ3v) is 3.14. The molecule has 2 aromatic carbocycles. The minimum absolute atomic E-state index is 0.117. The lowest BCUT2D eigenvalue weighted by Gasteiger charge is -2.19. The van der Waals surface area contributed by atoms with Crippen LogP contribution < -0.4 is 14.8 Å². The number of halogens is 1. The number of nitrogens with one attached hydrogen (secondary N) is 1. The molecule has 5 heteroatoms. The number of aliphatic hydroxyl groups excluding tert-OH is 1. The number of aliphatic hydroxyl groups is 1. The van der Waals surface area contributed by atoms with Gasteiger partial charge in [0.15, 0.2) is 0 Å². The molecule has 2 aromatic rings. The van der Waals surface area contributed by atoms with Crippen LogP contribution >= 0.6 is 0 Å². The molecule has 4 nitrogen and oxygen atoms in total. The second-order valence-electron chi connectivity index (χ2n) is 4.53. The fourth-order valence-corrected chi connectivity index (χ4v) is 2.01. The maximum absolute atomic E-state index is 12.9. The standard InChI is InChI=1S/C16H18FNO3/c1-20-14-7-11(8-15(9-14)21-2)16(10-19)18-13-5-3-12(17)4-6-13/h3-9,16,18-19H,10H2,1-2H3. The number of anilines is 1. The molecule has 0 fully saturated rings. The van der Waals surface area contributed by atoms with Crippen molar-refractivity contribution in [1.82, 2.24) is 0 Å². The van der Waals surface area contributed by atoms with Crippen molar-refractivity contribution >= 4 is 5.69 Å². The molecule has 0 aliphatic carbocycles. The quantitative estimate of drug-likeness (QED) is 0.859. The van der Waals surface area contributed by atoms with Crippen molar-refractivity contribution < 1.29 is 19.0 Å². The molecule has 0 aliphatic heterocycles. The van der Waals surface area contributed by atoms with Gasteiger partial charge in [-0.25, -0.2) is 4.39 Å². The molecule has 1 unspecified atom stereocenters. The van der Waals surface area contributed by atoms with Crippen LogP contribution in [-0.4, -0.2) is 25.9 Å². The third-order valence-electron chi connectivity index (χ3n) is 3.14. The Morgan fingerprint density at radius 2 is 1.62 bits per heavy atom. The minimum atomic E-state index is -0.348. The highest BCUT2D eigenvalue weighted by atomic mass is 19.1. The van der Waals surface area contributed by atoms with Crippen LogP contribution in [0.2, 0.25) is 0 Å². The van der Waals surface area contributed by atoms with Crippen molar-refractivity contribution in [3.63, 3.8) is 0 Å². The minimum Gasteiger partial charge on any atom is -0.497 e. The number of methoxy groups -OCH3 is 2. The lowest BCUT2D eigenvalue weighted by molar-refractivity contribution is 0.275. The molecule has 0 aliphatic rings. The zero-order valence-corrected chi connectivity index (χ0v) is 12.0. The molecule has 112 valence electrons. The zero-order chi connectivity index (χ0) is 15.2. The summed E-state index contributed by atoms with van der Waals surface area (Å²) in [6.07, 6.45) is 0. The van der Waals surface area contributed by atoms with Gasteiger partial charge in [0.1, 0.15) is 17.3 Å². The van der Waals surface area contributed by atoms with Crippen molar-refractivity contribution in [2.75, 3.05) is 26.1 Å². The molecule has 0 aromatic heterocycles. The lowest BCUT2D eigenvalue weighted by atomic mass is 10.1. The summed E-state index contributed by atoms with van der Waals surface area (Å²) in [6.45, 7) is -0.117. The number of hydrogen-bond acceptors (Lipinski definition) is 4. The van der Waals surface area contributed by atoms with Crippen LogP contribution in [0.4, 0.5) is 10.1 Å². The Bertz CT molecular complexity index is 564. The second kappa shape index (κ2) is 6.95. The molecule has 2 rings (SSSR count). The number of rotatable bonds is 6. The fraction of sp³-hybridized carbons (Fsp3) is 0.250. The van der Waals surface area contributed by atoms with Crippen molar-refractivity contribution in [2.24, 2.45) is 0 Å². The van der Waals surface area contributed by atoms with E-state index in [-0.39, 0.29) is 18.5 Å². The van der Waals surface area contributed by atoms with E-state index in [2.05, 4.69) is 5.32 Å². The van der Waals surface area contributed by atoms with Crippen molar-refractivity contribution in [3.8, 4) is 11.5 Å². The number of benzene rings is 2. The van der Waals surface area contributed by atoms with Gasteiger partial charge in [0.05, 0.1) is 26.9 Å². The second-order valence-corrected chi connectivity index (χ2v) is 4.53. The normalized spacial score (nSPS) is 11.8. The first kappa shape index (κ1) is 15.1. The first-order valence-corrected chi connectivity index (χ1v) is 6.52. The maximum Gasteiger partial charge on any atom is 0.123 e. The van der Waals surface area contributed by atoms with Gasteiger partial charge >= 0.3 is 0 Å². The predicted octanol–water partition coefficient (Wildman–Crippen LogP) is 2.99. The van der Waals surface area contributed by atoms with E-state index in [1.807, 2.05) is 12.1 Å². The van der Waals surface area contributed by atoms with Gasteiger partial charge in [-0.15, -0.1) is 0 Å². The molecule has 0 saturated carbocycles. The van der Waals surface area contributed by atoms with Gasteiger partial charge in [-0.3, -0.25) is 0 Å². The lowest BCUT2D eigenvalue weighted by Crippen LogP contribution is -2.15. The summed E-state index contributed by atoms with van der Waals surface area (Å²) in [6, 6.07) is 11.0. The van der Waals surface area contributed by atoms with E-state index in [0.717, 1.165) is 11.3 Å². The summed E-state index contributed by atoms with van der Waals surface area (Å²) in [5, 5.41) is 12.8. The average Bonchev–Trinajstić information content (AvgIpc) is 2.53. The van der Waals surface area contributed by atoms with E-state index in [1.54, 1.807) is 32.4 Å². The van der Waals surface area contributed by atoms with Gasteiger partial charge in [-0.1, -0.05) is 0 Å². The van der Waals surface area contributed by atoms with Crippen molar-refractivity contribution in [2.45, 2.75) is 6.04 Å². The Kier molecular flexibility index (Phi) is 5.00. The molecule has 1 atom stereocenters. The van der Waals surface area contributed by atoms with Gasteiger partial charge in [0, 0.05) is 11.8 Å². The third kappa shape index (κ3) is 3.86. The molecule has 0 bridgehead atoms. The van der Waals surface area contributed by atoms with E-state index >= 15 is 0 Å². The molecule has 0 heterocycles. The molecule has 2 N–H and O–H groups in total. The predicted molar refractivity (Wildman–Crippen MR) is 79.4 cm³/mol. The van der Waals surface area contributed by atoms with Crippen LogP contribution in [0, 0.1) is 5.82 Å². The van der Waals surface area contributed by atoms with Gasteiger partial charge < -0.3 is 19.9 Å². The van der Waals surface area contributed by atoms with Crippen LogP contribution in [0.15, 0.2) is 42.5 Å². The van der Waals surface area contributed by atoms with E-state index in [1.165, 1.54) is 12.1 Å². The summed E-state index contributed by atoms with van der Waals surface area (Å²) in [4.78, 5) is 0. The Hall–Kier alpha value is -2.27. The van der Waals surface area contributed by atoms with Gasteiger partial charge in [-0.2, -0.15) is 0 Å². The van der Waals surface area contributed by atoms with Gasteiger partial charge in [0.25, 0.3) is 0 Å². The monoisotopic (exact) mass is 291 g/mol. The molecular formula is C16H18FNO3. The zero-order valence-electron chi connectivity index (χ0n) is 12.0.